The lowest BCUT2D eigenvalue weighted by molar-refractivity contribution is 1.18. The summed E-state index contributed by atoms with van der Waals surface area (Å²) in [5, 5.41) is 3.56. The van der Waals surface area contributed by atoms with Crippen molar-refractivity contribution >= 4 is 43.7 Å². The Balaban J connectivity index is 1.01. The van der Waals surface area contributed by atoms with Crippen molar-refractivity contribution in [1.82, 2.24) is 29.1 Å². The Kier molecular flexibility index (Phi) is 7.38. The summed E-state index contributed by atoms with van der Waals surface area (Å²) in [7, 11) is 0. The summed E-state index contributed by atoms with van der Waals surface area (Å²) in [4.78, 5) is 19.0. The SMILES string of the molecule is c1ccc(-n2c3ccc(-c4ccc5c(c4)c4ccccc4n5-c4ccc(-c5cc(-c6ccccn6)nc(-c6ccccn6)c5)cc4)cc3c3ncccc32)cc1. The van der Waals surface area contributed by atoms with Gasteiger partial charge in [-0.2, -0.15) is 0 Å². The largest absolute Gasteiger partial charge is 0.309 e. The number of aromatic nitrogens is 6. The van der Waals surface area contributed by atoms with E-state index in [-0.39, 0.29) is 0 Å². The Morgan fingerprint density at radius 1 is 0.304 bits per heavy atom. The lowest BCUT2D eigenvalue weighted by Crippen LogP contribution is -1.95. The van der Waals surface area contributed by atoms with Crippen molar-refractivity contribution in [2.75, 3.05) is 0 Å². The van der Waals surface area contributed by atoms with Crippen LogP contribution in [-0.2, 0) is 0 Å². The molecule has 6 aromatic heterocycles. The van der Waals surface area contributed by atoms with E-state index in [1.807, 2.05) is 48.7 Å². The molecule has 0 aliphatic rings. The second kappa shape index (κ2) is 13.0. The maximum absolute atomic E-state index is 4.96. The van der Waals surface area contributed by atoms with Crippen LogP contribution in [0.15, 0.2) is 195 Å². The lowest BCUT2D eigenvalue weighted by Gasteiger charge is -2.12. The Morgan fingerprint density at radius 3 is 1.54 bits per heavy atom. The summed E-state index contributed by atoms with van der Waals surface area (Å²) in [6, 6.07) is 61.8. The van der Waals surface area contributed by atoms with Crippen LogP contribution in [0, 0.1) is 0 Å². The van der Waals surface area contributed by atoms with Crippen LogP contribution in [-0.4, -0.2) is 29.1 Å². The summed E-state index contributed by atoms with van der Waals surface area (Å²) in [5.74, 6) is 0. The number of hydrogen-bond acceptors (Lipinski definition) is 4. The van der Waals surface area contributed by atoms with E-state index in [4.69, 9.17) is 9.97 Å². The van der Waals surface area contributed by atoms with Crippen molar-refractivity contribution in [3.63, 3.8) is 0 Å². The molecule has 0 saturated carbocycles. The van der Waals surface area contributed by atoms with Crippen LogP contribution < -0.4 is 0 Å². The van der Waals surface area contributed by atoms with Crippen LogP contribution in [0.5, 0.6) is 0 Å². The Bertz CT molecular complexity index is 3160. The zero-order valence-electron chi connectivity index (χ0n) is 30.2. The second-order valence-corrected chi connectivity index (χ2v) is 14.0. The fourth-order valence-electron chi connectivity index (χ4n) is 8.09. The lowest BCUT2D eigenvalue weighted by atomic mass is 10.0. The summed E-state index contributed by atoms with van der Waals surface area (Å²) < 4.78 is 4.67. The summed E-state index contributed by atoms with van der Waals surface area (Å²) in [6.45, 7) is 0. The first-order chi connectivity index (χ1) is 27.8. The molecule has 6 nitrogen and oxygen atoms in total. The molecular weight excluding hydrogens is 685 g/mol. The van der Waals surface area contributed by atoms with E-state index in [9.17, 15) is 0 Å². The molecule has 0 saturated heterocycles. The summed E-state index contributed by atoms with van der Waals surface area (Å²) in [6.07, 6.45) is 5.48. The Labute approximate surface area is 322 Å². The average Bonchev–Trinajstić information content (AvgIpc) is 3.79. The topological polar surface area (TPSA) is 61.4 Å². The van der Waals surface area contributed by atoms with Crippen LogP contribution >= 0.6 is 0 Å². The van der Waals surface area contributed by atoms with Crippen LogP contribution in [0.2, 0.25) is 0 Å². The van der Waals surface area contributed by atoms with E-state index >= 15 is 0 Å². The van der Waals surface area contributed by atoms with Gasteiger partial charge in [0, 0.05) is 46.1 Å². The van der Waals surface area contributed by atoms with Gasteiger partial charge in [0.05, 0.1) is 50.4 Å². The zero-order chi connectivity index (χ0) is 37.0. The third-order valence-electron chi connectivity index (χ3n) is 10.7. The highest BCUT2D eigenvalue weighted by atomic mass is 15.0. The van der Waals surface area contributed by atoms with Crippen molar-refractivity contribution in [1.29, 1.82) is 0 Å². The molecule has 0 bridgehead atoms. The molecule has 5 aromatic carbocycles. The Hall–Kier alpha value is -7.70. The second-order valence-electron chi connectivity index (χ2n) is 14.0. The van der Waals surface area contributed by atoms with Crippen molar-refractivity contribution in [2.45, 2.75) is 0 Å². The number of pyridine rings is 4. The monoisotopic (exact) mass is 716 g/mol. The zero-order valence-corrected chi connectivity index (χ0v) is 30.2. The van der Waals surface area contributed by atoms with Crippen molar-refractivity contribution in [3.05, 3.63) is 195 Å². The van der Waals surface area contributed by atoms with Gasteiger partial charge < -0.3 is 9.13 Å². The fourth-order valence-corrected chi connectivity index (χ4v) is 8.09. The molecule has 0 fully saturated rings. The molecule has 0 spiro atoms. The predicted molar refractivity (Wildman–Crippen MR) is 228 cm³/mol. The molecule has 11 rings (SSSR count). The van der Waals surface area contributed by atoms with Gasteiger partial charge in [-0.25, -0.2) is 4.98 Å². The number of para-hydroxylation sites is 2. The van der Waals surface area contributed by atoms with Crippen LogP contribution in [0.3, 0.4) is 0 Å². The quantitative estimate of drug-likeness (QED) is 0.172. The first kappa shape index (κ1) is 31.8. The fraction of sp³-hybridized carbons (Fsp3) is 0. The van der Waals surface area contributed by atoms with Crippen LogP contribution in [0.1, 0.15) is 0 Å². The average molecular weight is 717 g/mol. The van der Waals surface area contributed by atoms with Gasteiger partial charge in [0.1, 0.15) is 0 Å². The molecule has 56 heavy (non-hydrogen) atoms. The predicted octanol–water partition coefficient (Wildman–Crippen LogP) is 12.1. The molecule has 6 heterocycles. The van der Waals surface area contributed by atoms with E-state index < -0.39 is 0 Å². The van der Waals surface area contributed by atoms with Crippen molar-refractivity contribution < 1.29 is 0 Å². The Morgan fingerprint density at radius 2 is 0.839 bits per heavy atom. The first-order valence-electron chi connectivity index (χ1n) is 18.7. The highest BCUT2D eigenvalue weighted by Gasteiger charge is 2.17. The van der Waals surface area contributed by atoms with Gasteiger partial charge in [-0.15, -0.1) is 0 Å². The van der Waals surface area contributed by atoms with Gasteiger partial charge >= 0.3 is 0 Å². The van der Waals surface area contributed by atoms with Crippen molar-refractivity contribution in [2.24, 2.45) is 0 Å². The summed E-state index contributed by atoms with van der Waals surface area (Å²) in [5.41, 5.74) is 15.5. The molecule has 0 aliphatic carbocycles. The highest BCUT2D eigenvalue weighted by Crippen LogP contribution is 2.38. The third-order valence-corrected chi connectivity index (χ3v) is 10.7. The van der Waals surface area contributed by atoms with Gasteiger partial charge in [-0.1, -0.05) is 72.8 Å². The number of hydrogen-bond donors (Lipinski definition) is 0. The van der Waals surface area contributed by atoms with Gasteiger partial charge in [0.2, 0.25) is 0 Å². The van der Waals surface area contributed by atoms with Gasteiger partial charge in [-0.05, 0) is 125 Å². The van der Waals surface area contributed by atoms with Gasteiger partial charge in [-0.3, -0.25) is 15.0 Å². The molecule has 0 unspecified atom stereocenters. The van der Waals surface area contributed by atoms with E-state index in [1.54, 1.807) is 12.4 Å². The number of fused-ring (bicyclic) bond motifs is 6. The molecule has 0 atom stereocenters. The summed E-state index contributed by atoms with van der Waals surface area (Å²) >= 11 is 0. The maximum atomic E-state index is 4.96. The number of rotatable bonds is 6. The minimum absolute atomic E-state index is 0.809. The highest BCUT2D eigenvalue weighted by molar-refractivity contribution is 6.12. The molecule has 6 heteroatoms. The number of nitrogens with zero attached hydrogens (tertiary/aromatic N) is 6. The molecule has 0 N–H and O–H groups in total. The molecule has 0 aliphatic heterocycles. The minimum atomic E-state index is 0.809. The third kappa shape index (κ3) is 5.27. The van der Waals surface area contributed by atoms with E-state index in [0.29, 0.717) is 0 Å². The van der Waals surface area contributed by atoms with Crippen LogP contribution in [0.25, 0.3) is 100 Å². The molecule has 0 amide bonds. The normalized spacial score (nSPS) is 11.6. The molecule has 11 aromatic rings. The molecule has 0 radical (unpaired) electrons. The molecular formula is C50H32N6. The minimum Gasteiger partial charge on any atom is -0.309 e. The molecule has 262 valence electrons. The number of benzene rings is 5. The van der Waals surface area contributed by atoms with Crippen LogP contribution in [0.4, 0.5) is 0 Å². The van der Waals surface area contributed by atoms with E-state index in [2.05, 4.69) is 153 Å². The smallest absolute Gasteiger partial charge is 0.0963 e. The van der Waals surface area contributed by atoms with Gasteiger partial charge in [0.15, 0.2) is 0 Å². The van der Waals surface area contributed by atoms with E-state index in [1.165, 1.54) is 16.3 Å². The first-order valence-corrected chi connectivity index (χ1v) is 18.7. The standard InChI is InChI=1S/C50H32N6/c1-2-11-37(12-3-1)56-48-25-21-35(30-41(48)50-49(56)17-10-28-53-50)34-20-24-47-40(29-34)39-13-4-5-16-46(39)55(47)38-22-18-33(19-23-38)36-31-44(42-14-6-8-26-51-42)54-45(32-36)43-15-7-9-27-52-43/h1-32H. The van der Waals surface area contributed by atoms with Crippen molar-refractivity contribution in [3.8, 4) is 56.4 Å². The van der Waals surface area contributed by atoms with E-state index in [0.717, 1.165) is 83.8 Å². The van der Waals surface area contributed by atoms with Gasteiger partial charge in [0.25, 0.3) is 0 Å². The maximum Gasteiger partial charge on any atom is 0.0963 e.